The van der Waals surface area contributed by atoms with E-state index in [-0.39, 0.29) is 0 Å². The van der Waals surface area contributed by atoms with Crippen LogP contribution in [0.25, 0.3) is 0 Å². The minimum Gasteiger partial charge on any atom is -0.493 e. The molecule has 4 nitrogen and oxygen atoms in total. The highest BCUT2D eigenvalue weighted by Gasteiger charge is 2.09. The molecule has 108 valence electrons. The minimum absolute atomic E-state index is 0.557. The first-order valence-corrected chi connectivity index (χ1v) is 6.70. The van der Waals surface area contributed by atoms with Crippen molar-refractivity contribution in [2.24, 2.45) is 0 Å². The van der Waals surface area contributed by atoms with Gasteiger partial charge in [0, 0.05) is 18.7 Å². The fourth-order valence-electron chi connectivity index (χ4n) is 1.88. The molecule has 2 aromatic carbocycles. The molecular weight excluding hydrogens is 288 g/mol. The molecular formula is C16H15ClN2O2. The molecule has 0 saturated heterocycles. The summed E-state index contributed by atoms with van der Waals surface area (Å²) in [6.45, 7) is 0.598. The van der Waals surface area contributed by atoms with Crippen molar-refractivity contribution >= 4 is 17.3 Å². The predicted octanol–water partition coefficient (Wildman–Crippen LogP) is 3.84. The van der Waals surface area contributed by atoms with Crippen LogP contribution in [0.4, 0.5) is 5.69 Å². The van der Waals surface area contributed by atoms with Crippen LogP contribution < -0.4 is 14.8 Å². The number of ether oxygens (including phenoxy) is 2. The van der Waals surface area contributed by atoms with Gasteiger partial charge in [-0.15, -0.1) is 0 Å². The van der Waals surface area contributed by atoms with Crippen molar-refractivity contribution in [2.75, 3.05) is 19.5 Å². The fourth-order valence-corrected chi connectivity index (χ4v) is 2.10. The average Bonchev–Trinajstić information content (AvgIpc) is 2.53. The van der Waals surface area contributed by atoms with Crippen molar-refractivity contribution < 1.29 is 9.47 Å². The van der Waals surface area contributed by atoms with Crippen molar-refractivity contribution in [3.05, 3.63) is 52.5 Å². The summed E-state index contributed by atoms with van der Waals surface area (Å²) in [7, 11) is 3.15. The molecule has 0 fully saturated rings. The maximum atomic E-state index is 8.77. The van der Waals surface area contributed by atoms with Gasteiger partial charge in [0.25, 0.3) is 0 Å². The van der Waals surface area contributed by atoms with Crippen LogP contribution >= 0.6 is 11.6 Å². The summed E-state index contributed by atoms with van der Waals surface area (Å²) in [6, 6.07) is 13.0. The van der Waals surface area contributed by atoms with Gasteiger partial charge in [-0.2, -0.15) is 5.26 Å². The van der Waals surface area contributed by atoms with Gasteiger partial charge >= 0.3 is 0 Å². The van der Waals surface area contributed by atoms with Crippen LogP contribution in [-0.4, -0.2) is 14.2 Å². The summed E-state index contributed by atoms with van der Waals surface area (Å²) in [5.41, 5.74) is 2.46. The molecule has 0 aliphatic rings. The Hall–Kier alpha value is -2.38. The van der Waals surface area contributed by atoms with Crippen molar-refractivity contribution in [2.45, 2.75) is 6.54 Å². The molecule has 0 amide bonds. The molecule has 21 heavy (non-hydrogen) atoms. The van der Waals surface area contributed by atoms with Gasteiger partial charge in [0.15, 0.2) is 11.5 Å². The van der Waals surface area contributed by atoms with Crippen LogP contribution in [0.2, 0.25) is 5.02 Å². The highest BCUT2D eigenvalue weighted by atomic mass is 35.5. The molecule has 0 bridgehead atoms. The number of rotatable bonds is 5. The number of nitrogens with zero attached hydrogens (tertiary/aromatic N) is 1. The van der Waals surface area contributed by atoms with Crippen molar-refractivity contribution in [1.82, 2.24) is 0 Å². The molecule has 0 unspecified atom stereocenters. The lowest BCUT2D eigenvalue weighted by molar-refractivity contribution is 0.355. The Labute approximate surface area is 128 Å². The predicted molar refractivity (Wildman–Crippen MR) is 83.0 cm³/mol. The third-order valence-electron chi connectivity index (χ3n) is 3.04. The number of methoxy groups -OCH3 is 2. The van der Waals surface area contributed by atoms with Crippen molar-refractivity contribution in [3.63, 3.8) is 0 Å². The van der Waals surface area contributed by atoms with E-state index in [2.05, 4.69) is 11.4 Å². The van der Waals surface area contributed by atoms with Crippen molar-refractivity contribution in [1.29, 1.82) is 5.26 Å². The van der Waals surface area contributed by atoms with E-state index in [1.807, 2.05) is 12.1 Å². The van der Waals surface area contributed by atoms with Gasteiger partial charge in [-0.3, -0.25) is 0 Å². The monoisotopic (exact) mass is 302 g/mol. The van der Waals surface area contributed by atoms with E-state index < -0.39 is 0 Å². The van der Waals surface area contributed by atoms with Crippen LogP contribution in [0.1, 0.15) is 11.1 Å². The molecule has 0 spiro atoms. The fraction of sp³-hybridized carbons (Fsp3) is 0.188. The molecule has 0 aliphatic heterocycles. The summed E-state index contributed by atoms with van der Waals surface area (Å²) in [6.07, 6.45) is 0. The molecule has 5 heteroatoms. The number of halogens is 1. The summed E-state index contributed by atoms with van der Waals surface area (Å²) in [4.78, 5) is 0. The number of hydrogen-bond donors (Lipinski definition) is 1. The molecule has 2 rings (SSSR count). The molecule has 0 radical (unpaired) electrons. The van der Waals surface area contributed by atoms with Crippen LogP contribution in [0.5, 0.6) is 11.5 Å². The second-order valence-corrected chi connectivity index (χ2v) is 4.76. The van der Waals surface area contributed by atoms with Gasteiger partial charge < -0.3 is 14.8 Å². The van der Waals surface area contributed by atoms with Gasteiger partial charge in [-0.05, 0) is 17.7 Å². The zero-order valence-corrected chi connectivity index (χ0v) is 12.6. The number of nitriles is 1. The first-order chi connectivity index (χ1) is 10.2. The Balaban J connectivity index is 2.14. The third kappa shape index (κ3) is 3.59. The Morgan fingerprint density at radius 1 is 1.10 bits per heavy atom. The van der Waals surface area contributed by atoms with E-state index in [9.17, 15) is 0 Å². The standard InChI is InChI=1S/C16H15ClN2O2/c1-20-15-7-13(17)14(8-16(15)21-2)19-10-12-5-3-11(9-18)4-6-12/h3-8,19H,10H2,1-2H3. The SMILES string of the molecule is COc1cc(Cl)c(NCc2ccc(C#N)cc2)cc1OC. The minimum atomic E-state index is 0.557. The van der Waals surface area contributed by atoms with E-state index in [1.54, 1.807) is 38.5 Å². The van der Waals surface area contributed by atoms with E-state index in [0.717, 1.165) is 11.3 Å². The Kier molecular flexibility index (Phi) is 4.91. The Morgan fingerprint density at radius 3 is 2.29 bits per heavy atom. The number of hydrogen-bond acceptors (Lipinski definition) is 4. The molecule has 0 heterocycles. The van der Waals surface area contributed by atoms with Crippen LogP contribution in [0.3, 0.4) is 0 Å². The lowest BCUT2D eigenvalue weighted by atomic mass is 10.1. The van der Waals surface area contributed by atoms with Crippen LogP contribution in [-0.2, 0) is 6.54 Å². The van der Waals surface area contributed by atoms with Gasteiger partial charge in [0.05, 0.1) is 36.6 Å². The highest BCUT2D eigenvalue weighted by molar-refractivity contribution is 6.33. The van der Waals surface area contributed by atoms with Gasteiger partial charge in [0.1, 0.15) is 0 Å². The summed E-state index contributed by atoms with van der Waals surface area (Å²) in [5, 5.41) is 12.6. The Bertz CT molecular complexity index is 663. The van der Waals surface area contributed by atoms with Gasteiger partial charge in [-0.25, -0.2) is 0 Å². The number of nitrogens with one attached hydrogen (secondary N) is 1. The summed E-state index contributed by atoms with van der Waals surface area (Å²) in [5.74, 6) is 1.20. The van der Waals surface area contributed by atoms with Crippen LogP contribution in [0.15, 0.2) is 36.4 Å². The molecule has 0 atom stereocenters. The van der Waals surface area contributed by atoms with Gasteiger partial charge in [-0.1, -0.05) is 23.7 Å². The summed E-state index contributed by atoms with van der Waals surface area (Å²) < 4.78 is 10.4. The smallest absolute Gasteiger partial charge is 0.162 e. The zero-order valence-electron chi connectivity index (χ0n) is 11.8. The van der Waals surface area contributed by atoms with E-state index in [1.165, 1.54) is 0 Å². The highest BCUT2D eigenvalue weighted by Crippen LogP contribution is 2.36. The third-order valence-corrected chi connectivity index (χ3v) is 3.35. The number of benzene rings is 2. The van der Waals surface area contributed by atoms with Crippen LogP contribution in [0, 0.1) is 11.3 Å². The maximum absolute atomic E-state index is 8.77. The average molecular weight is 303 g/mol. The summed E-state index contributed by atoms with van der Waals surface area (Å²) >= 11 is 6.21. The lowest BCUT2D eigenvalue weighted by Crippen LogP contribution is -2.01. The van der Waals surface area contributed by atoms with Gasteiger partial charge in [0.2, 0.25) is 0 Å². The topological polar surface area (TPSA) is 54.3 Å². The Morgan fingerprint density at radius 2 is 1.71 bits per heavy atom. The second kappa shape index (κ2) is 6.87. The van der Waals surface area contributed by atoms with Crippen molar-refractivity contribution in [3.8, 4) is 17.6 Å². The molecule has 0 aromatic heterocycles. The lowest BCUT2D eigenvalue weighted by Gasteiger charge is -2.13. The largest absolute Gasteiger partial charge is 0.493 e. The normalized spacial score (nSPS) is 9.81. The number of anilines is 1. The molecule has 2 aromatic rings. The molecule has 1 N–H and O–H groups in total. The quantitative estimate of drug-likeness (QED) is 0.911. The van der Waals surface area contributed by atoms with E-state index in [4.69, 9.17) is 26.3 Å². The molecule has 0 saturated carbocycles. The van der Waals surface area contributed by atoms with E-state index >= 15 is 0 Å². The first-order valence-electron chi connectivity index (χ1n) is 6.32. The molecule has 0 aliphatic carbocycles. The first kappa shape index (κ1) is 15.0. The maximum Gasteiger partial charge on any atom is 0.162 e. The van der Waals surface area contributed by atoms with E-state index in [0.29, 0.717) is 28.6 Å². The zero-order chi connectivity index (χ0) is 15.2. The second-order valence-electron chi connectivity index (χ2n) is 4.35.